The zero-order chi connectivity index (χ0) is 21.0. The minimum Gasteiger partial charge on any atom is -0.451 e. The molecule has 0 aliphatic heterocycles. The summed E-state index contributed by atoms with van der Waals surface area (Å²) in [6.45, 7) is 0.530. The molecule has 0 radical (unpaired) electrons. The van der Waals surface area contributed by atoms with Gasteiger partial charge in [0.15, 0.2) is 6.39 Å². The van der Waals surface area contributed by atoms with E-state index in [9.17, 15) is 4.79 Å². The largest absolute Gasteiger partial charge is 0.451 e. The summed E-state index contributed by atoms with van der Waals surface area (Å²) in [5.74, 6) is -0.142. The first-order valence-corrected chi connectivity index (χ1v) is 10.1. The van der Waals surface area contributed by atoms with E-state index >= 15 is 0 Å². The van der Waals surface area contributed by atoms with Crippen molar-refractivity contribution in [1.29, 1.82) is 0 Å². The molecule has 0 spiro atoms. The van der Waals surface area contributed by atoms with Gasteiger partial charge in [-0.25, -0.2) is 4.98 Å². The molecule has 0 unspecified atom stereocenters. The molecule has 0 atom stereocenters. The van der Waals surface area contributed by atoms with E-state index in [1.165, 1.54) is 6.39 Å². The predicted molar refractivity (Wildman–Crippen MR) is 119 cm³/mol. The summed E-state index contributed by atoms with van der Waals surface area (Å²) < 4.78 is 7.21. The van der Waals surface area contributed by atoms with Crippen LogP contribution in [-0.2, 0) is 6.42 Å². The zero-order valence-electron chi connectivity index (χ0n) is 16.7. The van der Waals surface area contributed by atoms with Gasteiger partial charge in [0.1, 0.15) is 12.0 Å². The van der Waals surface area contributed by atoms with Gasteiger partial charge in [0.2, 0.25) is 0 Å². The highest BCUT2D eigenvalue weighted by molar-refractivity contribution is 6.02. The molecule has 0 saturated carbocycles. The number of aromatic nitrogens is 3. The molecule has 5 rings (SSSR count). The summed E-state index contributed by atoms with van der Waals surface area (Å²) in [4.78, 5) is 21.4. The van der Waals surface area contributed by atoms with Crippen molar-refractivity contribution in [2.75, 3.05) is 6.54 Å². The minimum absolute atomic E-state index is 0.142. The number of rotatable bonds is 6. The fraction of sp³-hybridized carbons (Fsp3) is 0.0800. The molecule has 6 nitrogen and oxygen atoms in total. The van der Waals surface area contributed by atoms with Crippen LogP contribution in [-0.4, -0.2) is 26.8 Å². The Labute approximate surface area is 179 Å². The van der Waals surface area contributed by atoms with Crippen LogP contribution in [0.2, 0.25) is 0 Å². The molecule has 4 heterocycles. The van der Waals surface area contributed by atoms with Gasteiger partial charge in [-0.15, -0.1) is 0 Å². The predicted octanol–water partition coefficient (Wildman–Crippen LogP) is 4.63. The van der Waals surface area contributed by atoms with Crippen LogP contribution in [0.3, 0.4) is 0 Å². The molecule has 5 aromatic rings. The number of benzene rings is 1. The molecule has 0 bridgehead atoms. The molecule has 1 aromatic carbocycles. The first kappa shape index (κ1) is 18.8. The third-order valence-corrected chi connectivity index (χ3v) is 5.24. The van der Waals surface area contributed by atoms with E-state index in [4.69, 9.17) is 4.42 Å². The summed E-state index contributed by atoms with van der Waals surface area (Å²) in [5, 5.41) is 3.03. The first-order chi connectivity index (χ1) is 15.3. The number of carbonyl (C=O) groups is 1. The number of hydrogen-bond donors (Lipinski definition) is 1. The highest BCUT2D eigenvalue weighted by atomic mass is 16.3. The Kier molecular flexibility index (Phi) is 5.02. The molecule has 0 fully saturated rings. The number of nitrogens with one attached hydrogen (secondary N) is 1. The topological polar surface area (TPSA) is 72.4 Å². The second-order valence-corrected chi connectivity index (χ2v) is 7.22. The Morgan fingerprint density at radius 2 is 1.84 bits per heavy atom. The molecule has 0 aliphatic carbocycles. The Morgan fingerprint density at radius 1 is 1.00 bits per heavy atom. The second-order valence-electron chi connectivity index (χ2n) is 7.22. The third-order valence-electron chi connectivity index (χ3n) is 5.24. The highest BCUT2D eigenvalue weighted by Crippen LogP contribution is 2.29. The molecule has 31 heavy (non-hydrogen) atoms. The van der Waals surface area contributed by atoms with Crippen molar-refractivity contribution in [1.82, 2.24) is 19.7 Å². The monoisotopic (exact) mass is 408 g/mol. The highest BCUT2D eigenvalue weighted by Gasteiger charge is 2.20. The van der Waals surface area contributed by atoms with Gasteiger partial charge in [0.05, 0.1) is 11.3 Å². The molecule has 0 saturated heterocycles. The van der Waals surface area contributed by atoms with Gasteiger partial charge in [0.25, 0.3) is 5.91 Å². The quantitative estimate of drug-likeness (QED) is 0.445. The van der Waals surface area contributed by atoms with Gasteiger partial charge in [-0.05, 0) is 47.4 Å². The van der Waals surface area contributed by atoms with E-state index in [1.807, 2.05) is 53.1 Å². The normalized spacial score (nSPS) is 11.0. The maximum atomic E-state index is 13.1. The number of nitrogens with zero attached hydrogens (tertiary/aromatic N) is 3. The van der Waals surface area contributed by atoms with Crippen molar-refractivity contribution in [2.45, 2.75) is 6.42 Å². The van der Waals surface area contributed by atoms with Crippen LogP contribution in [0.25, 0.3) is 28.0 Å². The SMILES string of the molecule is O=C(NCCc1ccncc1)c1cc2ccc(-c3ccccc3)cn2c1-c1cocn1. The zero-order valence-corrected chi connectivity index (χ0v) is 16.7. The van der Waals surface area contributed by atoms with Crippen LogP contribution < -0.4 is 5.32 Å². The molecular formula is C25H20N4O2. The molecule has 6 heteroatoms. The van der Waals surface area contributed by atoms with Crippen molar-refractivity contribution in [2.24, 2.45) is 0 Å². The first-order valence-electron chi connectivity index (χ1n) is 10.1. The van der Waals surface area contributed by atoms with Crippen molar-refractivity contribution < 1.29 is 9.21 Å². The van der Waals surface area contributed by atoms with Gasteiger partial charge in [0, 0.05) is 30.7 Å². The van der Waals surface area contributed by atoms with Crippen molar-refractivity contribution in [3.63, 3.8) is 0 Å². The molecule has 152 valence electrons. The van der Waals surface area contributed by atoms with Gasteiger partial charge in [-0.2, -0.15) is 0 Å². The summed E-state index contributed by atoms with van der Waals surface area (Å²) >= 11 is 0. The second kappa shape index (κ2) is 8.28. The number of amides is 1. The van der Waals surface area contributed by atoms with Crippen molar-refractivity contribution in [3.8, 4) is 22.5 Å². The van der Waals surface area contributed by atoms with E-state index in [0.717, 1.165) is 28.6 Å². The number of pyridine rings is 2. The summed E-state index contributed by atoms with van der Waals surface area (Å²) in [6, 6.07) is 20.0. The Balaban J connectivity index is 1.50. The lowest BCUT2D eigenvalue weighted by molar-refractivity contribution is 0.0955. The third kappa shape index (κ3) is 3.83. The number of carbonyl (C=O) groups excluding carboxylic acids is 1. The molecule has 1 N–H and O–H groups in total. The standard InChI is InChI=1S/C25H20N4O2/c30-25(27-13-10-18-8-11-26-12-9-18)22-14-21-7-6-20(19-4-2-1-3-5-19)15-29(21)24(22)23-16-31-17-28-23/h1-9,11-12,14-17H,10,13H2,(H,27,30). The average Bonchev–Trinajstić information content (AvgIpc) is 3.47. The van der Waals surface area contributed by atoms with Crippen LogP contribution >= 0.6 is 0 Å². The number of oxazole rings is 1. The van der Waals surface area contributed by atoms with Gasteiger partial charge >= 0.3 is 0 Å². The Bertz CT molecular complexity index is 1310. The van der Waals surface area contributed by atoms with E-state index in [0.29, 0.717) is 23.5 Å². The van der Waals surface area contributed by atoms with Crippen LogP contribution in [0, 0.1) is 0 Å². The summed E-state index contributed by atoms with van der Waals surface area (Å²) in [5.41, 5.74) is 6.09. The lowest BCUT2D eigenvalue weighted by Gasteiger charge is -2.08. The number of fused-ring (bicyclic) bond motifs is 1. The van der Waals surface area contributed by atoms with Crippen molar-refractivity contribution >= 4 is 11.4 Å². The fourth-order valence-electron chi connectivity index (χ4n) is 3.70. The molecule has 1 amide bonds. The van der Waals surface area contributed by atoms with Crippen LogP contribution in [0.1, 0.15) is 15.9 Å². The van der Waals surface area contributed by atoms with Gasteiger partial charge < -0.3 is 14.1 Å². The van der Waals surface area contributed by atoms with E-state index < -0.39 is 0 Å². The summed E-state index contributed by atoms with van der Waals surface area (Å²) in [7, 11) is 0. The summed E-state index contributed by atoms with van der Waals surface area (Å²) in [6.07, 6.45) is 9.21. The van der Waals surface area contributed by atoms with Crippen LogP contribution in [0.15, 0.2) is 96.3 Å². The van der Waals surface area contributed by atoms with Crippen LogP contribution in [0.5, 0.6) is 0 Å². The van der Waals surface area contributed by atoms with E-state index in [1.54, 1.807) is 18.7 Å². The lowest BCUT2D eigenvalue weighted by atomic mass is 10.1. The Hall–Kier alpha value is -4.19. The van der Waals surface area contributed by atoms with Gasteiger partial charge in [-0.3, -0.25) is 9.78 Å². The Morgan fingerprint density at radius 3 is 2.61 bits per heavy atom. The van der Waals surface area contributed by atoms with Gasteiger partial charge in [-0.1, -0.05) is 36.4 Å². The maximum absolute atomic E-state index is 13.1. The van der Waals surface area contributed by atoms with Crippen molar-refractivity contribution in [3.05, 3.63) is 103 Å². The lowest BCUT2D eigenvalue weighted by Crippen LogP contribution is -2.26. The smallest absolute Gasteiger partial charge is 0.253 e. The van der Waals surface area contributed by atoms with E-state index in [-0.39, 0.29) is 5.91 Å². The van der Waals surface area contributed by atoms with E-state index in [2.05, 4.69) is 33.5 Å². The molecular weight excluding hydrogens is 388 g/mol. The molecule has 0 aliphatic rings. The maximum Gasteiger partial charge on any atom is 0.253 e. The molecule has 4 aromatic heterocycles. The fourth-order valence-corrected chi connectivity index (χ4v) is 3.70. The minimum atomic E-state index is -0.142. The van der Waals surface area contributed by atoms with Crippen LogP contribution in [0.4, 0.5) is 0 Å². The average molecular weight is 408 g/mol. The number of hydrogen-bond acceptors (Lipinski definition) is 4.